The van der Waals surface area contributed by atoms with Crippen LogP contribution in [-0.4, -0.2) is 26.5 Å². The van der Waals surface area contributed by atoms with Gasteiger partial charge in [-0.15, -0.1) is 10.2 Å². The van der Waals surface area contributed by atoms with Crippen molar-refractivity contribution in [1.29, 1.82) is 0 Å². The molecular weight excluding hydrogens is 330 g/mol. The quantitative estimate of drug-likeness (QED) is 0.654. The van der Waals surface area contributed by atoms with Crippen LogP contribution in [0.15, 0.2) is 34.2 Å². The molecule has 0 saturated carbocycles. The van der Waals surface area contributed by atoms with E-state index < -0.39 is 0 Å². The predicted molar refractivity (Wildman–Crippen MR) is 78.4 cm³/mol. The third kappa shape index (κ3) is 3.71. The van der Waals surface area contributed by atoms with E-state index in [2.05, 4.69) is 31.4 Å². The van der Waals surface area contributed by atoms with Crippen molar-refractivity contribution in [2.75, 3.05) is 16.9 Å². The number of carbonyl (C=O) groups is 1. The molecule has 0 atom stereocenters. The number of nitrogen functional groups attached to an aromatic ring is 1. The average Bonchev–Trinajstić information content (AvgIpc) is 2.76. The lowest BCUT2D eigenvalue weighted by molar-refractivity contribution is -0.113. The van der Waals surface area contributed by atoms with E-state index in [4.69, 9.17) is 5.84 Å². The topological polar surface area (TPSA) is 85.8 Å². The maximum atomic E-state index is 11.8. The molecule has 1 heterocycles. The van der Waals surface area contributed by atoms with Gasteiger partial charge in [0.05, 0.1) is 5.75 Å². The summed E-state index contributed by atoms with van der Waals surface area (Å²) in [4.78, 5) is 11.8. The van der Waals surface area contributed by atoms with Gasteiger partial charge in [-0.3, -0.25) is 4.79 Å². The van der Waals surface area contributed by atoms with Gasteiger partial charge in [0.25, 0.3) is 0 Å². The monoisotopic (exact) mass is 341 g/mol. The first kappa shape index (κ1) is 13.9. The number of halogens is 1. The second-order valence-electron chi connectivity index (χ2n) is 3.82. The molecule has 0 radical (unpaired) electrons. The van der Waals surface area contributed by atoms with E-state index in [9.17, 15) is 4.79 Å². The SMILES string of the molecule is Cc1cc(Br)ccc1NC(=O)CSc1nncn1N. The molecule has 6 nitrogen and oxygen atoms in total. The Labute approximate surface area is 122 Å². The van der Waals surface area contributed by atoms with Gasteiger partial charge in [0.1, 0.15) is 6.33 Å². The number of thioether (sulfide) groups is 1. The Bertz CT molecular complexity index is 601. The minimum Gasteiger partial charge on any atom is -0.336 e. The Hall–Kier alpha value is -1.54. The fourth-order valence-electron chi connectivity index (χ4n) is 1.42. The van der Waals surface area contributed by atoms with Gasteiger partial charge in [-0.05, 0) is 30.7 Å². The van der Waals surface area contributed by atoms with Crippen LogP contribution in [0.2, 0.25) is 0 Å². The third-order valence-electron chi connectivity index (χ3n) is 2.34. The molecule has 3 N–H and O–H groups in total. The zero-order chi connectivity index (χ0) is 13.8. The van der Waals surface area contributed by atoms with Crippen LogP contribution in [0.5, 0.6) is 0 Å². The van der Waals surface area contributed by atoms with Crippen molar-refractivity contribution in [3.63, 3.8) is 0 Å². The summed E-state index contributed by atoms with van der Waals surface area (Å²) in [5, 5.41) is 10.8. The van der Waals surface area contributed by atoms with Crippen LogP contribution < -0.4 is 11.2 Å². The molecule has 0 fully saturated rings. The Morgan fingerprint density at radius 1 is 1.58 bits per heavy atom. The second kappa shape index (κ2) is 6.07. The van der Waals surface area contributed by atoms with Crippen molar-refractivity contribution in [1.82, 2.24) is 14.9 Å². The van der Waals surface area contributed by atoms with Gasteiger partial charge in [0.15, 0.2) is 0 Å². The average molecular weight is 342 g/mol. The van der Waals surface area contributed by atoms with Gasteiger partial charge in [-0.2, -0.15) is 0 Å². The first-order valence-electron chi connectivity index (χ1n) is 5.40. The van der Waals surface area contributed by atoms with E-state index in [-0.39, 0.29) is 11.7 Å². The number of nitrogens with two attached hydrogens (primary N) is 1. The number of anilines is 1. The summed E-state index contributed by atoms with van der Waals surface area (Å²) in [5.74, 6) is 5.67. The van der Waals surface area contributed by atoms with Crippen molar-refractivity contribution in [2.45, 2.75) is 12.1 Å². The zero-order valence-electron chi connectivity index (χ0n) is 10.1. The highest BCUT2D eigenvalue weighted by molar-refractivity contribution is 9.10. The lowest BCUT2D eigenvalue weighted by atomic mass is 10.2. The van der Waals surface area contributed by atoms with Crippen molar-refractivity contribution in [3.05, 3.63) is 34.6 Å². The van der Waals surface area contributed by atoms with Crippen LogP contribution in [0.25, 0.3) is 0 Å². The lowest BCUT2D eigenvalue weighted by Gasteiger charge is -2.08. The number of rotatable bonds is 4. The van der Waals surface area contributed by atoms with E-state index in [0.29, 0.717) is 5.16 Å². The maximum absolute atomic E-state index is 11.8. The molecule has 0 unspecified atom stereocenters. The number of amides is 1. The highest BCUT2D eigenvalue weighted by Gasteiger charge is 2.08. The molecule has 2 aromatic rings. The minimum atomic E-state index is -0.113. The third-order valence-corrected chi connectivity index (χ3v) is 3.79. The number of nitrogens with zero attached hydrogens (tertiary/aromatic N) is 3. The van der Waals surface area contributed by atoms with Gasteiger partial charge < -0.3 is 11.2 Å². The Morgan fingerprint density at radius 2 is 2.37 bits per heavy atom. The van der Waals surface area contributed by atoms with E-state index >= 15 is 0 Å². The van der Waals surface area contributed by atoms with Gasteiger partial charge in [0, 0.05) is 10.2 Å². The van der Waals surface area contributed by atoms with Gasteiger partial charge in [0.2, 0.25) is 11.1 Å². The van der Waals surface area contributed by atoms with E-state index in [0.717, 1.165) is 15.7 Å². The number of benzene rings is 1. The lowest BCUT2D eigenvalue weighted by Crippen LogP contribution is -2.16. The molecule has 0 aliphatic heterocycles. The summed E-state index contributed by atoms with van der Waals surface area (Å²) < 4.78 is 2.26. The molecule has 0 saturated heterocycles. The molecule has 1 aromatic heterocycles. The van der Waals surface area contributed by atoms with E-state index in [1.165, 1.54) is 22.8 Å². The number of carbonyl (C=O) groups excluding carboxylic acids is 1. The number of hydrogen-bond acceptors (Lipinski definition) is 5. The highest BCUT2D eigenvalue weighted by atomic mass is 79.9. The number of hydrogen-bond donors (Lipinski definition) is 2. The summed E-state index contributed by atoms with van der Waals surface area (Å²) in [6.07, 6.45) is 1.39. The molecule has 100 valence electrons. The van der Waals surface area contributed by atoms with E-state index in [1.807, 2.05) is 25.1 Å². The fourth-order valence-corrected chi connectivity index (χ4v) is 2.53. The zero-order valence-corrected chi connectivity index (χ0v) is 12.5. The molecule has 1 amide bonds. The first-order chi connectivity index (χ1) is 9.06. The van der Waals surface area contributed by atoms with Crippen LogP contribution >= 0.6 is 27.7 Å². The van der Waals surface area contributed by atoms with Crippen molar-refractivity contribution in [2.24, 2.45) is 0 Å². The highest BCUT2D eigenvalue weighted by Crippen LogP contribution is 2.20. The fraction of sp³-hybridized carbons (Fsp3) is 0.182. The molecule has 8 heteroatoms. The number of aromatic nitrogens is 3. The number of nitrogens with one attached hydrogen (secondary N) is 1. The summed E-state index contributed by atoms with van der Waals surface area (Å²) in [6, 6.07) is 5.68. The molecule has 19 heavy (non-hydrogen) atoms. The summed E-state index contributed by atoms with van der Waals surface area (Å²) in [6.45, 7) is 1.93. The van der Waals surface area contributed by atoms with Gasteiger partial charge in [-0.25, -0.2) is 4.68 Å². The molecule has 0 bridgehead atoms. The smallest absolute Gasteiger partial charge is 0.234 e. The molecule has 0 aliphatic rings. The van der Waals surface area contributed by atoms with Crippen molar-refractivity contribution in [3.8, 4) is 0 Å². The van der Waals surface area contributed by atoms with Gasteiger partial charge >= 0.3 is 0 Å². The van der Waals surface area contributed by atoms with Crippen LogP contribution in [0.1, 0.15) is 5.56 Å². The largest absolute Gasteiger partial charge is 0.336 e. The minimum absolute atomic E-state index is 0.113. The molecular formula is C11H12BrN5OS. The predicted octanol–water partition coefficient (Wildman–Crippen LogP) is 1.79. The van der Waals surface area contributed by atoms with Crippen molar-refractivity contribution >= 4 is 39.3 Å². The van der Waals surface area contributed by atoms with Crippen LogP contribution in [0, 0.1) is 6.92 Å². The van der Waals surface area contributed by atoms with Gasteiger partial charge in [-0.1, -0.05) is 27.7 Å². The maximum Gasteiger partial charge on any atom is 0.234 e. The van der Waals surface area contributed by atoms with E-state index in [1.54, 1.807) is 0 Å². The summed E-state index contributed by atoms with van der Waals surface area (Å²) in [5.41, 5.74) is 1.79. The standard InChI is InChI=1S/C11H12BrN5OS/c1-7-4-8(12)2-3-9(7)15-10(18)5-19-11-16-14-6-17(11)13/h2-4,6H,5,13H2,1H3,(H,15,18). The second-order valence-corrected chi connectivity index (χ2v) is 5.68. The summed E-state index contributed by atoms with van der Waals surface area (Å²) >= 11 is 4.61. The Kier molecular flexibility index (Phi) is 4.43. The Morgan fingerprint density at radius 3 is 3.00 bits per heavy atom. The van der Waals surface area contributed by atoms with Crippen LogP contribution in [-0.2, 0) is 4.79 Å². The van der Waals surface area contributed by atoms with Crippen LogP contribution in [0.3, 0.4) is 0 Å². The first-order valence-corrected chi connectivity index (χ1v) is 7.18. The van der Waals surface area contributed by atoms with Crippen molar-refractivity contribution < 1.29 is 4.79 Å². The number of aryl methyl sites for hydroxylation is 1. The molecule has 1 aromatic carbocycles. The molecule has 0 aliphatic carbocycles. The molecule has 2 rings (SSSR count). The summed E-state index contributed by atoms with van der Waals surface area (Å²) in [7, 11) is 0. The van der Waals surface area contributed by atoms with Crippen LogP contribution in [0.4, 0.5) is 5.69 Å². The Balaban J connectivity index is 1.93. The normalized spacial score (nSPS) is 10.4. The molecule has 0 spiro atoms.